The Balaban J connectivity index is 1.89. The minimum Gasteiger partial charge on any atom is -0.491 e. The largest absolute Gasteiger partial charge is 0.491 e. The molecule has 5 heteroatoms. The molecule has 0 fully saturated rings. The van der Waals surface area contributed by atoms with Gasteiger partial charge in [0.05, 0.1) is 25.0 Å². The highest BCUT2D eigenvalue weighted by molar-refractivity contribution is 6.15. The van der Waals surface area contributed by atoms with Crippen LogP contribution in [0.15, 0.2) is 41.5 Å². The molecule has 2 N–H and O–H groups in total. The normalized spacial score (nSPS) is 13.0. The van der Waals surface area contributed by atoms with Crippen molar-refractivity contribution in [2.75, 3.05) is 18.5 Å². The summed E-state index contributed by atoms with van der Waals surface area (Å²) in [6.45, 7) is 5.28. The lowest BCUT2D eigenvalue weighted by molar-refractivity contribution is 0.242. The average molecular weight is 311 g/mol. The van der Waals surface area contributed by atoms with E-state index in [1.54, 1.807) is 6.20 Å². The summed E-state index contributed by atoms with van der Waals surface area (Å²) in [5.41, 5.74) is 4.30. The quantitative estimate of drug-likeness (QED) is 0.860. The molecule has 0 saturated heterocycles. The zero-order valence-electron chi connectivity index (χ0n) is 13.4. The Morgan fingerprint density at radius 2 is 2.13 bits per heavy atom. The first-order valence-electron chi connectivity index (χ1n) is 7.83. The van der Waals surface area contributed by atoms with Crippen molar-refractivity contribution in [3.63, 3.8) is 0 Å². The molecule has 1 aliphatic rings. The third-order valence-electron chi connectivity index (χ3n) is 3.57. The molecule has 5 nitrogen and oxygen atoms in total. The van der Waals surface area contributed by atoms with Crippen molar-refractivity contribution < 1.29 is 9.84 Å². The maximum Gasteiger partial charge on any atom is 0.126 e. The molecule has 0 saturated carbocycles. The number of rotatable bonds is 6. The molecule has 1 aromatic carbocycles. The molecule has 0 spiro atoms. The lowest BCUT2D eigenvalue weighted by Gasteiger charge is -2.12. The van der Waals surface area contributed by atoms with E-state index in [1.165, 1.54) is 5.56 Å². The number of fused-ring (bicyclic) bond motifs is 1. The van der Waals surface area contributed by atoms with Gasteiger partial charge in [-0.1, -0.05) is 6.07 Å². The summed E-state index contributed by atoms with van der Waals surface area (Å²) in [4.78, 5) is 8.93. The van der Waals surface area contributed by atoms with Crippen molar-refractivity contribution >= 4 is 11.5 Å². The average Bonchev–Trinajstić information content (AvgIpc) is 2.96. The van der Waals surface area contributed by atoms with E-state index < -0.39 is 0 Å². The van der Waals surface area contributed by atoms with Crippen LogP contribution in [-0.4, -0.2) is 35.1 Å². The lowest BCUT2D eigenvalue weighted by atomic mass is 10.0. The van der Waals surface area contributed by atoms with Gasteiger partial charge in [0.2, 0.25) is 0 Å². The maximum atomic E-state index is 8.91. The molecular weight excluding hydrogens is 290 g/mol. The number of aliphatic hydroxyl groups is 1. The predicted octanol–water partition coefficient (Wildman–Crippen LogP) is 2.62. The van der Waals surface area contributed by atoms with Crippen LogP contribution in [0.1, 0.15) is 30.5 Å². The third kappa shape index (κ3) is 3.51. The van der Waals surface area contributed by atoms with E-state index in [-0.39, 0.29) is 12.7 Å². The van der Waals surface area contributed by atoms with Gasteiger partial charge < -0.3 is 15.2 Å². The SMILES string of the molecule is CC(C)Oc1ccc2c(c1)C(c1ccnc(NCCO)c1)=NC2. The second-order valence-electron chi connectivity index (χ2n) is 5.73. The Labute approximate surface area is 136 Å². The van der Waals surface area contributed by atoms with Crippen molar-refractivity contribution in [1.29, 1.82) is 0 Å². The standard InChI is InChI=1S/C18H21N3O2/c1-12(2)23-15-4-3-14-11-21-18(16(14)10-15)13-5-6-19-17(9-13)20-7-8-22/h3-6,9-10,12,22H,7-8,11H2,1-2H3,(H,19,20). The van der Waals surface area contributed by atoms with Gasteiger partial charge in [0.25, 0.3) is 0 Å². The zero-order valence-corrected chi connectivity index (χ0v) is 13.4. The number of hydrogen-bond donors (Lipinski definition) is 2. The van der Waals surface area contributed by atoms with Gasteiger partial charge in [-0.2, -0.15) is 0 Å². The van der Waals surface area contributed by atoms with Crippen LogP contribution in [0.2, 0.25) is 0 Å². The van der Waals surface area contributed by atoms with Gasteiger partial charge >= 0.3 is 0 Å². The Kier molecular flexibility index (Phi) is 4.57. The molecule has 2 heterocycles. The number of anilines is 1. The number of aliphatic imine (C=N–C) groups is 1. The molecule has 0 unspecified atom stereocenters. The fourth-order valence-corrected chi connectivity index (χ4v) is 2.61. The molecule has 0 radical (unpaired) electrons. The van der Waals surface area contributed by atoms with E-state index in [9.17, 15) is 0 Å². The summed E-state index contributed by atoms with van der Waals surface area (Å²) in [5.74, 6) is 1.60. The summed E-state index contributed by atoms with van der Waals surface area (Å²) in [5, 5.41) is 12.0. The molecule has 3 rings (SSSR count). The van der Waals surface area contributed by atoms with E-state index in [1.807, 2.05) is 32.0 Å². The first kappa shape index (κ1) is 15.5. The molecule has 0 bridgehead atoms. The molecule has 0 atom stereocenters. The van der Waals surface area contributed by atoms with Crippen molar-refractivity contribution in [1.82, 2.24) is 4.98 Å². The van der Waals surface area contributed by atoms with E-state index in [2.05, 4.69) is 27.4 Å². The zero-order chi connectivity index (χ0) is 16.2. The summed E-state index contributed by atoms with van der Waals surface area (Å²) in [6.07, 6.45) is 1.90. The first-order valence-corrected chi connectivity index (χ1v) is 7.83. The lowest BCUT2D eigenvalue weighted by Crippen LogP contribution is -2.09. The molecule has 2 aromatic rings. The summed E-state index contributed by atoms with van der Waals surface area (Å²) >= 11 is 0. The van der Waals surface area contributed by atoms with Gasteiger partial charge in [0.1, 0.15) is 11.6 Å². The van der Waals surface area contributed by atoms with Crippen molar-refractivity contribution in [2.24, 2.45) is 4.99 Å². The molecule has 0 aliphatic carbocycles. The predicted molar refractivity (Wildman–Crippen MR) is 91.4 cm³/mol. The van der Waals surface area contributed by atoms with Gasteiger partial charge in [-0.15, -0.1) is 0 Å². The van der Waals surface area contributed by atoms with Crippen LogP contribution >= 0.6 is 0 Å². The van der Waals surface area contributed by atoms with Crippen molar-refractivity contribution in [3.05, 3.63) is 53.2 Å². The smallest absolute Gasteiger partial charge is 0.126 e. The van der Waals surface area contributed by atoms with Gasteiger partial charge in [-0.25, -0.2) is 4.98 Å². The number of aliphatic hydroxyl groups excluding tert-OH is 1. The van der Waals surface area contributed by atoms with Gasteiger partial charge in [0, 0.05) is 23.9 Å². The summed E-state index contributed by atoms with van der Waals surface area (Å²) in [7, 11) is 0. The number of benzene rings is 1. The van der Waals surface area contributed by atoms with Crippen LogP contribution in [0, 0.1) is 0 Å². The number of hydrogen-bond acceptors (Lipinski definition) is 5. The number of aromatic nitrogens is 1. The fourth-order valence-electron chi connectivity index (χ4n) is 2.61. The van der Waals surface area contributed by atoms with Crippen molar-refractivity contribution in [2.45, 2.75) is 26.5 Å². The van der Waals surface area contributed by atoms with Crippen LogP contribution in [0.3, 0.4) is 0 Å². The highest BCUT2D eigenvalue weighted by Gasteiger charge is 2.19. The van der Waals surface area contributed by atoms with E-state index in [4.69, 9.17) is 9.84 Å². The van der Waals surface area contributed by atoms with Crippen LogP contribution in [0.25, 0.3) is 0 Å². The van der Waals surface area contributed by atoms with Crippen LogP contribution in [0.4, 0.5) is 5.82 Å². The number of nitrogens with one attached hydrogen (secondary N) is 1. The minimum atomic E-state index is 0.0750. The summed E-state index contributed by atoms with van der Waals surface area (Å²) < 4.78 is 5.79. The van der Waals surface area contributed by atoms with Gasteiger partial charge in [-0.3, -0.25) is 4.99 Å². The van der Waals surface area contributed by atoms with E-state index in [0.717, 1.165) is 28.4 Å². The fraction of sp³-hybridized carbons (Fsp3) is 0.333. The van der Waals surface area contributed by atoms with Crippen LogP contribution in [-0.2, 0) is 6.54 Å². The molecular formula is C18H21N3O2. The minimum absolute atomic E-state index is 0.0750. The Hall–Kier alpha value is -2.40. The van der Waals surface area contributed by atoms with Crippen molar-refractivity contribution in [3.8, 4) is 5.75 Å². The Morgan fingerprint density at radius 3 is 2.91 bits per heavy atom. The summed E-state index contributed by atoms with van der Waals surface area (Å²) in [6, 6.07) is 10.0. The molecule has 0 amide bonds. The monoisotopic (exact) mass is 311 g/mol. The second-order valence-corrected chi connectivity index (χ2v) is 5.73. The van der Waals surface area contributed by atoms with E-state index >= 15 is 0 Å². The number of nitrogens with zero attached hydrogens (tertiary/aromatic N) is 2. The highest BCUT2D eigenvalue weighted by atomic mass is 16.5. The Morgan fingerprint density at radius 1 is 1.26 bits per heavy atom. The molecule has 120 valence electrons. The number of pyridine rings is 1. The van der Waals surface area contributed by atoms with Crippen LogP contribution in [0.5, 0.6) is 5.75 Å². The second kappa shape index (κ2) is 6.79. The number of ether oxygens (including phenoxy) is 1. The van der Waals surface area contributed by atoms with Gasteiger partial charge in [-0.05, 0) is 43.7 Å². The van der Waals surface area contributed by atoms with Crippen LogP contribution < -0.4 is 10.1 Å². The van der Waals surface area contributed by atoms with E-state index in [0.29, 0.717) is 13.1 Å². The molecule has 23 heavy (non-hydrogen) atoms. The van der Waals surface area contributed by atoms with Gasteiger partial charge in [0.15, 0.2) is 0 Å². The first-order chi connectivity index (χ1) is 11.2. The maximum absolute atomic E-state index is 8.91. The topological polar surface area (TPSA) is 66.7 Å². The molecule has 1 aliphatic heterocycles. The highest BCUT2D eigenvalue weighted by Crippen LogP contribution is 2.28. The molecule has 1 aromatic heterocycles. The third-order valence-corrected chi connectivity index (χ3v) is 3.57. The Bertz CT molecular complexity index is 726.